The van der Waals surface area contributed by atoms with E-state index in [1.807, 2.05) is 19.1 Å². The van der Waals surface area contributed by atoms with Gasteiger partial charge in [-0.1, -0.05) is 12.1 Å². The largest absolute Gasteiger partial charge is 0.416 e. The van der Waals surface area contributed by atoms with Gasteiger partial charge in [0.2, 0.25) is 5.91 Å². The molecule has 0 spiro atoms. The molecule has 0 saturated heterocycles. The molecule has 1 saturated carbocycles. The molecule has 36 heavy (non-hydrogen) atoms. The highest BCUT2D eigenvalue weighted by molar-refractivity contribution is 5.96. The summed E-state index contributed by atoms with van der Waals surface area (Å²) >= 11 is 0. The van der Waals surface area contributed by atoms with Crippen molar-refractivity contribution in [1.82, 2.24) is 15.6 Å². The molecular formula is C26H31F3N4O3. The molecular weight excluding hydrogens is 473 g/mol. The summed E-state index contributed by atoms with van der Waals surface area (Å²) in [5, 5.41) is 24.5. The zero-order valence-corrected chi connectivity index (χ0v) is 20.3. The molecule has 0 bridgehead atoms. The highest BCUT2D eigenvalue weighted by Crippen LogP contribution is 2.39. The molecule has 1 fully saturated rings. The Morgan fingerprint density at radius 1 is 1.22 bits per heavy atom. The van der Waals surface area contributed by atoms with Crippen molar-refractivity contribution in [2.45, 2.75) is 63.8 Å². The minimum atomic E-state index is -4.57. The summed E-state index contributed by atoms with van der Waals surface area (Å²) in [5.74, 6) is -1.29. The number of carbonyl (C=O) groups excluding carboxylic acids is 2. The number of amides is 2. The topological polar surface area (TPSA) is 115 Å². The van der Waals surface area contributed by atoms with E-state index < -0.39 is 35.7 Å². The monoisotopic (exact) mass is 504 g/mol. The summed E-state index contributed by atoms with van der Waals surface area (Å²) in [6.07, 6.45) is -0.247. The predicted octanol–water partition coefficient (Wildman–Crippen LogP) is 4.13. The van der Waals surface area contributed by atoms with Gasteiger partial charge < -0.3 is 21.1 Å². The molecule has 7 nitrogen and oxygen atoms in total. The quantitative estimate of drug-likeness (QED) is 0.405. The second-order valence-corrected chi connectivity index (χ2v) is 9.49. The van der Waals surface area contributed by atoms with Gasteiger partial charge in [0.15, 0.2) is 0 Å². The van der Waals surface area contributed by atoms with Crippen molar-refractivity contribution in [3.05, 3.63) is 65.0 Å². The molecule has 194 valence electrons. The van der Waals surface area contributed by atoms with Crippen molar-refractivity contribution in [1.29, 1.82) is 5.41 Å². The summed E-state index contributed by atoms with van der Waals surface area (Å²) in [7, 11) is 0. The molecule has 1 aromatic heterocycles. The van der Waals surface area contributed by atoms with Crippen molar-refractivity contribution in [3.63, 3.8) is 0 Å². The minimum absolute atomic E-state index is 0.00399. The van der Waals surface area contributed by atoms with Crippen LogP contribution in [0.5, 0.6) is 0 Å². The molecule has 1 aliphatic rings. The molecule has 4 N–H and O–H groups in total. The SMILES string of the molecule is Cc1ccc(C2(O)CCC(C(=N)C[C@@H](C)NC(=O)CNC(=O)c3cccc(C(F)(F)F)c3)CC2)nc1. The van der Waals surface area contributed by atoms with Gasteiger partial charge in [0.1, 0.15) is 5.60 Å². The van der Waals surface area contributed by atoms with E-state index >= 15 is 0 Å². The van der Waals surface area contributed by atoms with Crippen LogP contribution in [0.4, 0.5) is 13.2 Å². The second kappa shape index (κ2) is 11.2. The van der Waals surface area contributed by atoms with E-state index in [0.29, 0.717) is 43.5 Å². The number of aliphatic hydroxyl groups is 1. The van der Waals surface area contributed by atoms with Crippen molar-refractivity contribution >= 4 is 17.5 Å². The molecule has 0 unspecified atom stereocenters. The molecule has 10 heteroatoms. The second-order valence-electron chi connectivity index (χ2n) is 9.49. The van der Waals surface area contributed by atoms with E-state index in [9.17, 15) is 27.9 Å². The third-order valence-corrected chi connectivity index (χ3v) is 6.49. The lowest BCUT2D eigenvalue weighted by Gasteiger charge is -2.36. The Hall–Kier alpha value is -3.27. The fourth-order valence-electron chi connectivity index (χ4n) is 4.42. The van der Waals surface area contributed by atoms with E-state index in [1.54, 1.807) is 13.1 Å². The summed E-state index contributed by atoms with van der Waals surface area (Å²) in [4.78, 5) is 28.7. The third kappa shape index (κ3) is 7.13. The molecule has 2 amide bonds. The van der Waals surface area contributed by atoms with E-state index in [-0.39, 0.29) is 17.5 Å². The molecule has 2 aromatic rings. The Kier molecular flexibility index (Phi) is 8.50. The summed E-state index contributed by atoms with van der Waals surface area (Å²) in [6, 6.07) is 7.37. The van der Waals surface area contributed by atoms with E-state index in [1.165, 1.54) is 6.07 Å². The van der Waals surface area contributed by atoms with Gasteiger partial charge in [0.25, 0.3) is 5.91 Å². The maximum atomic E-state index is 12.8. The highest BCUT2D eigenvalue weighted by Gasteiger charge is 2.37. The Labute approximate surface area is 208 Å². The molecule has 3 rings (SSSR count). The van der Waals surface area contributed by atoms with Gasteiger partial charge >= 0.3 is 6.18 Å². The zero-order valence-electron chi connectivity index (χ0n) is 20.3. The Bertz CT molecular complexity index is 1090. The molecule has 1 atom stereocenters. The molecule has 0 radical (unpaired) electrons. The first-order valence-electron chi connectivity index (χ1n) is 11.8. The number of carbonyl (C=O) groups is 2. The Balaban J connectivity index is 1.43. The summed E-state index contributed by atoms with van der Waals surface area (Å²) in [5.41, 5.74) is 0.0144. The number of halogens is 3. The lowest BCUT2D eigenvalue weighted by molar-refractivity contribution is -0.137. The van der Waals surface area contributed by atoms with Crippen molar-refractivity contribution < 1.29 is 27.9 Å². The van der Waals surface area contributed by atoms with Gasteiger partial charge in [0, 0.05) is 29.9 Å². The van der Waals surface area contributed by atoms with Crippen LogP contribution < -0.4 is 10.6 Å². The number of alkyl halides is 3. The first-order chi connectivity index (χ1) is 16.9. The molecule has 0 aliphatic heterocycles. The number of hydrogen-bond acceptors (Lipinski definition) is 5. The van der Waals surface area contributed by atoms with Gasteiger partial charge in [-0.2, -0.15) is 13.2 Å². The van der Waals surface area contributed by atoms with Crippen LogP contribution in [0.15, 0.2) is 42.6 Å². The molecule has 1 aromatic carbocycles. The number of nitrogens with one attached hydrogen (secondary N) is 3. The fourth-order valence-corrected chi connectivity index (χ4v) is 4.42. The zero-order chi connectivity index (χ0) is 26.5. The van der Waals surface area contributed by atoms with Crippen molar-refractivity contribution in [2.24, 2.45) is 5.92 Å². The number of nitrogens with zero attached hydrogens (tertiary/aromatic N) is 1. The molecule has 1 heterocycles. The lowest BCUT2D eigenvalue weighted by Crippen LogP contribution is -2.42. The number of hydrogen-bond donors (Lipinski definition) is 4. The number of pyridine rings is 1. The maximum Gasteiger partial charge on any atom is 0.416 e. The first kappa shape index (κ1) is 27.3. The summed E-state index contributed by atoms with van der Waals surface area (Å²) < 4.78 is 38.5. The predicted molar refractivity (Wildman–Crippen MR) is 129 cm³/mol. The van der Waals surface area contributed by atoms with Gasteiger partial charge in [-0.25, -0.2) is 0 Å². The lowest BCUT2D eigenvalue weighted by atomic mass is 9.74. The van der Waals surface area contributed by atoms with Crippen LogP contribution in [0.1, 0.15) is 66.2 Å². The van der Waals surface area contributed by atoms with E-state index in [4.69, 9.17) is 5.41 Å². The maximum absolute atomic E-state index is 12.8. The van der Waals surface area contributed by atoms with Crippen molar-refractivity contribution in [2.75, 3.05) is 6.54 Å². The third-order valence-electron chi connectivity index (χ3n) is 6.49. The highest BCUT2D eigenvalue weighted by atomic mass is 19.4. The van der Waals surface area contributed by atoms with Crippen LogP contribution >= 0.6 is 0 Å². The van der Waals surface area contributed by atoms with Crippen LogP contribution in [0.25, 0.3) is 0 Å². The van der Waals surface area contributed by atoms with Crippen LogP contribution in [0.3, 0.4) is 0 Å². The average molecular weight is 505 g/mol. The van der Waals surface area contributed by atoms with Crippen LogP contribution in [0, 0.1) is 18.3 Å². The van der Waals surface area contributed by atoms with Crippen molar-refractivity contribution in [3.8, 4) is 0 Å². The van der Waals surface area contributed by atoms with Crippen LogP contribution in [-0.2, 0) is 16.6 Å². The van der Waals surface area contributed by atoms with Gasteiger partial charge in [-0.05, 0) is 75.3 Å². The van der Waals surface area contributed by atoms with Gasteiger partial charge in [-0.15, -0.1) is 0 Å². The smallest absolute Gasteiger partial charge is 0.384 e. The van der Waals surface area contributed by atoms with Crippen LogP contribution in [-0.4, -0.2) is 40.2 Å². The number of aromatic nitrogens is 1. The number of aryl methyl sites for hydroxylation is 1. The van der Waals surface area contributed by atoms with E-state index in [2.05, 4.69) is 15.6 Å². The Morgan fingerprint density at radius 2 is 1.92 bits per heavy atom. The Morgan fingerprint density at radius 3 is 2.53 bits per heavy atom. The molecule has 1 aliphatic carbocycles. The standard InChI is InChI=1S/C26H31F3N4O3/c1-16-6-7-22(31-14-16)25(36)10-8-18(9-11-25)21(30)12-17(2)33-23(34)15-32-24(35)19-4-3-5-20(13-19)26(27,28)29/h3-7,13-14,17-18,30,36H,8-12,15H2,1-2H3,(H,32,35)(H,33,34)/t17-,18?,25?/m1/s1. The summed E-state index contributed by atoms with van der Waals surface area (Å²) in [6.45, 7) is 3.28. The normalized spacial score (nSPS) is 20.9. The fraction of sp³-hybridized carbons (Fsp3) is 0.462. The van der Waals surface area contributed by atoms with Gasteiger partial charge in [0.05, 0.1) is 17.8 Å². The average Bonchev–Trinajstić information content (AvgIpc) is 2.82. The minimum Gasteiger partial charge on any atom is -0.384 e. The first-order valence-corrected chi connectivity index (χ1v) is 11.8. The van der Waals surface area contributed by atoms with Crippen LogP contribution in [0.2, 0.25) is 0 Å². The number of benzene rings is 1. The van der Waals surface area contributed by atoms with Gasteiger partial charge in [-0.3, -0.25) is 14.6 Å². The number of rotatable bonds is 8. The van der Waals surface area contributed by atoms with E-state index in [0.717, 1.165) is 23.8 Å².